The van der Waals surface area contributed by atoms with Gasteiger partial charge in [-0.1, -0.05) is 48.5 Å². The van der Waals surface area contributed by atoms with Gasteiger partial charge in [0.25, 0.3) is 0 Å². The van der Waals surface area contributed by atoms with Crippen molar-refractivity contribution in [3.05, 3.63) is 66.2 Å². The zero-order valence-electron chi connectivity index (χ0n) is 10.4. The molecule has 0 aliphatic rings. The van der Waals surface area contributed by atoms with Gasteiger partial charge in [-0.3, -0.25) is 0 Å². The first-order valence-electron chi connectivity index (χ1n) is 6.10. The third kappa shape index (κ3) is 1.74. The summed E-state index contributed by atoms with van der Waals surface area (Å²) in [6.07, 6.45) is 0. The van der Waals surface area contributed by atoms with Crippen LogP contribution in [0.2, 0.25) is 0 Å². The molecule has 18 heavy (non-hydrogen) atoms. The number of hydrogen-bond acceptors (Lipinski definition) is 1. The van der Waals surface area contributed by atoms with E-state index in [4.69, 9.17) is 5.73 Å². The predicted octanol–water partition coefficient (Wildman–Crippen LogP) is 4.40. The Kier molecular flexibility index (Phi) is 2.52. The molecular formula is C17H15N. The van der Waals surface area contributed by atoms with Crippen LogP contribution in [0, 0.1) is 6.92 Å². The van der Waals surface area contributed by atoms with Gasteiger partial charge in [0.05, 0.1) is 0 Å². The SMILES string of the molecule is Cc1c(N)cccc1-c1ccc2ccccc2c1. The smallest absolute Gasteiger partial charge is 0.0349 e. The van der Waals surface area contributed by atoms with Crippen molar-refractivity contribution >= 4 is 16.5 Å². The van der Waals surface area contributed by atoms with Crippen molar-refractivity contribution in [3.8, 4) is 11.1 Å². The van der Waals surface area contributed by atoms with Crippen molar-refractivity contribution in [3.63, 3.8) is 0 Å². The van der Waals surface area contributed by atoms with E-state index in [1.165, 1.54) is 21.9 Å². The highest BCUT2D eigenvalue weighted by atomic mass is 14.6. The molecule has 88 valence electrons. The zero-order chi connectivity index (χ0) is 12.5. The number of nitrogens with two attached hydrogens (primary N) is 1. The maximum Gasteiger partial charge on any atom is 0.0349 e. The Hall–Kier alpha value is -2.28. The highest BCUT2D eigenvalue weighted by molar-refractivity contribution is 5.88. The second kappa shape index (κ2) is 4.19. The standard InChI is InChI=1S/C17H15N/c1-12-16(7-4-8-17(12)18)15-10-9-13-5-2-3-6-14(13)11-15/h2-11H,18H2,1H3. The molecule has 1 heteroatoms. The Morgan fingerprint density at radius 3 is 2.39 bits per heavy atom. The van der Waals surface area contributed by atoms with Crippen LogP contribution in [0.3, 0.4) is 0 Å². The molecule has 0 atom stereocenters. The summed E-state index contributed by atoms with van der Waals surface area (Å²) in [4.78, 5) is 0. The molecule has 2 N–H and O–H groups in total. The molecule has 0 saturated heterocycles. The molecule has 0 aromatic heterocycles. The molecule has 0 spiro atoms. The predicted molar refractivity (Wildman–Crippen MR) is 78.5 cm³/mol. The van der Waals surface area contributed by atoms with Crippen LogP contribution in [0.5, 0.6) is 0 Å². The van der Waals surface area contributed by atoms with Gasteiger partial charge in [-0.2, -0.15) is 0 Å². The van der Waals surface area contributed by atoms with E-state index in [1.54, 1.807) is 0 Å². The monoisotopic (exact) mass is 233 g/mol. The summed E-state index contributed by atoms with van der Waals surface area (Å²) in [6.45, 7) is 2.07. The Balaban J connectivity index is 2.22. The molecule has 3 rings (SSSR count). The van der Waals surface area contributed by atoms with Crippen molar-refractivity contribution in [1.29, 1.82) is 0 Å². The van der Waals surface area contributed by atoms with E-state index < -0.39 is 0 Å². The molecule has 0 amide bonds. The molecule has 1 nitrogen and oxygen atoms in total. The number of fused-ring (bicyclic) bond motifs is 1. The summed E-state index contributed by atoms with van der Waals surface area (Å²) in [5.74, 6) is 0. The Labute approximate surface area is 107 Å². The van der Waals surface area contributed by atoms with E-state index in [1.807, 2.05) is 12.1 Å². The molecule has 3 aromatic rings. The fraction of sp³-hybridized carbons (Fsp3) is 0.0588. The zero-order valence-corrected chi connectivity index (χ0v) is 10.4. The van der Waals surface area contributed by atoms with Gasteiger partial charge in [0.1, 0.15) is 0 Å². The van der Waals surface area contributed by atoms with E-state index in [9.17, 15) is 0 Å². The second-order valence-electron chi connectivity index (χ2n) is 4.58. The number of anilines is 1. The maximum atomic E-state index is 5.97. The van der Waals surface area contributed by atoms with Crippen LogP contribution < -0.4 is 5.73 Å². The van der Waals surface area contributed by atoms with E-state index in [-0.39, 0.29) is 0 Å². The average molecular weight is 233 g/mol. The quantitative estimate of drug-likeness (QED) is 0.619. The lowest BCUT2D eigenvalue weighted by Gasteiger charge is -2.09. The first-order chi connectivity index (χ1) is 8.75. The Morgan fingerprint density at radius 2 is 1.56 bits per heavy atom. The second-order valence-corrected chi connectivity index (χ2v) is 4.58. The fourth-order valence-corrected chi connectivity index (χ4v) is 2.32. The molecular weight excluding hydrogens is 218 g/mol. The van der Waals surface area contributed by atoms with Crippen molar-refractivity contribution in [2.75, 3.05) is 5.73 Å². The molecule has 0 bridgehead atoms. The van der Waals surface area contributed by atoms with Gasteiger partial charge in [-0.25, -0.2) is 0 Å². The molecule has 0 aliphatic heterocycles. The van der Waals surface area contributed by atoms with E-state index >= 15 is 0 Å². The summed E-state index contributed by atoms with van der Waals surface area (Å²) in [7, 11) is 0. The maximum absolute atomic E-state index is 5.97. The third-order valence-corrected chi connectivity index (χ3v) is 3.44. The van der Waals surface area contributed by atoms with Gasteiger partial charge in [0.15, 0.2) is 0 Å². The minimum absolute atomic E-state index is 0.848. The highest BCUT2D eigenvalue weighted by Crippen LogP contribution is 2.29. The van der Waals surface area contributed by atoms with Gasteiger partial charge >= 0.3 is 0 Å². The Morgan fingerprint density at radius 1 is 0.778 bits per heavy atom. The molecule has 0 unspecified atom stereocenters. The normalized spacial score (nSPS) is 10.7. The number of rotatable bonds is 1. The van der Waals surface area contributed by atoms with Crippen molar-refractivity contribution < 1.29 is 0 Å². The van der Waals surface area contributed by atoms with Crippen LogP contribution in [-0.4, -0.2) is 0 Å². The van der Waals surface area contributed by atoms with Gasteiger partial charge in [-0.05, 0) is 46.5 Å². The van der Waals surface area contributed by atoms with E-state index in [0.717, 1.165) is 11.3 Å². The van der Waals surface area contributed by atoms with Crippen LogP contribution in [0.15, 0.2) is 60.7 Å². The van der Waals surface area contributed by atoms with Crippen LogP contribution in [-0.2, 0) is 0 Å². The number of hydrogen-bond donors (Lipinski definition) is 1. The minimum atomic E-state index is 0.848. The highest BCUT2D eigenvalue weighted by Gasteiger charge is 2.04. The molecule has 0 fully saturated rings. The van der Waals surface area contributed by atoms with E-state index in [2.05, 4.69) is 55.5 Å². The van der Waals surface area contributed by atoms with Crippen molar-refractivity contribution in [2.45, 2.75) is 6.92 Å². The largest absolute Gasteiger partial charge is 0.398 e. The van der Waals surface area contributed by atoms with Gasteiger partial charge in [0.2, 0.25) is 0 Å². The van der Waals surface area contributed by atoms with Crippen molar-refractivity contribution in [1.82, 2.24) is 0 Å². The van der Waals surface area contributed by atoms with Crippen LogP contribution in [0.4, 0.5) is 5.69 Å². The lowest BCUT2D eigenvalue weighted by atomic mass is 9.97. The first kappa shape index (κ1) is 10.8. The molecule has 0 radical (unpaired) electrons. The van der Waals surface area contributed by atoms with Gasteiger partial charge in [0, 0.05) is 5.69 Å². The van der Waals surface area contributed by atoms with Crippen molar-refractivity contribution in [2.24, 2.45) is 0 Å². The summed E-state index contributed by atoms with van der Waals surface area (Å²) in [5, 5.41) is 2.53. The summed E-state index contributed by atoms with van der Waals surface area (Å²) in [6, 6.07) is 21.0. The molecule has 0 aliphatic carbocycles. The fourth-order valence-electron chi connectivity index (χ4n) is 2.32. The van der Waals surface area contributed by atoms with Crippen LogP contribution >= 0.6 is 0 Å². The summed E-state index contributed by atoms with van der Waals surface area (Å²) in [5.41, 5.74) is 10.4. The number of benzene rings is 3. The summed E-state index contributed by atoms with van der Waals surface area (Å²) >= 11 is 0. The third-order valence-electron chi connectivity index (χ3n) is 3.44. The average Bonchev–Trinajstić information content (AvgIpc) is 2.41. The minimum Gasteiger partial charge on any atom is -0.398 e. The summed E-state index contributed by atoms with van der Waals surface area (Å²) < 4.78 is 0. The van der Waals surface area contributed by atoms with Gasteiger partial charge in [-0.15, -0.1) is 0 Å². The van der Waals surface area contributed by atoms with Crippen LogP contribution in [0.1, 0.15) is 5.56 Å². The van der Waals surface area contributed by atoms with Crippen LogP contribution in [0.25, 0.3) is 21.9 Å². The van der Waals surface area contributed by atoms with E-state index in [0.29, 0.717) is 0 Å². The molecule has 3 aromatic carbocycles. The Bertz CT molecular complexity index is 714. The lowest BCUT2D eigenvalue weighted by molar-refractivity contribution is 1.46. The lowest BCUT2D eigenvalue weighted by Crippen LogP contribution is -1.91. The molecule has 0 saturated carbocycles. The molecule has 0 heterocycles. The topological polar surface area (TPSA) is 26.0 Å². The number of nitrogen functional groups attached to an aromatic ring is 1. The van der Waals surface area contributed by atoms with Gasteiger partial charge < -0.3 is 5.73 Å². The first-order valence-corrected chi connectivity index (χ1v) is 6.10.